The molecule has 0 atom stereocenters. The molecule has 122 valence electrons. The minimum atomic E-state index is -0.379. The van der Waals surface area contributed by atoms with E-state index in [1.807, 2.05) is 6.92 Å². The summed E-state index contributed by atoms with van der Waals surface area (Å²) in [5.41, 5.74) is -0.0973. The molecule has 22 heavy (non-hydrogen) atoms. The summed E-state index contributed by atoms with van der Waals surface area (Å²) in [4.78, 5) is 12.1. The van der Waals surface area contributed by atoms with Crippen LogP contribution in [0.15, 0.2) is 6.07 Å². The number of rotatable bonds is 7. The van der Waals surface area contributed by atoms with E-state index in [2.05, 4.69) is 0 Å². The molecule has 0 saturated heterocycles. The maximum atomic E-state index is 12.1. The summed E-state index contributed by atoms with van der Waals surface area (Å²) in [6.45, 7) is 2.05. The fourth-order valence-corrected chi connectivity index (χ4v) is 3.01. The van der Waals surface area contributed by atoms with Crippen molar-refractivity contribution in [3.63, 3.8) is 0 Å². The molecule has 1 aliphatic rings. The highest BCUT2D eigenvalue weighted by Gasteiger charge is 2.25. The van der Waals surface area contributed by atoms with E-state index in [1.165, 1.54) is 6.07 Å². The van der Waals surface area contributed by atoms with Gasteiger partial charge >= 0.3 is 0 Å². The van der Waals surface area contributed by atoms with E-state index in [0.717, 1.165) is 44.9 Å². The molecule has 1 saturated carbocycles. The summed E-state index contributed by atoms with van der Waals surface area (Å²) in [5.74, 6) is -0.695. The molecule has 0 spiro atoms. The van der Waals surface area contributed by atoms with Crippen LogP contribution in [-0.4, -0.2) is 22.1 Å². The summed E-state index contributed by atoms with van der Waals surface area (Å²) in [6, 6.07) is 1.34. The largest absolute Gasteiger partial charge is 0.507 e. The highest BCUT2D eigenvalue weighted by molar-refractivity contribution is 6.34. The first-order valence-electron chi connectivity index (χ1n) is 7.98. The number of unbranched alkanes of at least 4 members (excludes halogenated alkanes) is 2. The molecule has 0 radical (unpaired) electrons. The van der Waals surface area contributed by atoms with Crippen LogP contribution < -0.4 is 4.74 Å². The molecule has 0 bridgehead atoms. The third-order valence-corrected chi connectivity index (χ3v) is 4.43. The molecule has 1 aliphatic carbocycles. The fourth-order valence-electron chi connectivity index (χ4n) is 2.81. The van der Waals surface area contributed by atoms with Crippen molar-refractivity contribution in [1.29, 1.82) is 0 Å². The zero-order valence-electron chi connectivity index (χ0n) is 12.9. The molecule has 2 rings (SSSR count). The molecule has 5 heteroatoms. The number of carbonyl (C=O) groups excluding carboxylic acids is 1. The van der Waals surface area contributed by atoms with Crippen LogP contribution in [0.4, 0.5) is 0 Å². The molecular formula is C17H23ClO4. The van der Waals surface area contributed by atoms with E-state index in [9.17, 15) is 15.0 Å². The van der Waals surface area contributed by atoms with Gasteiger partial charge in [0.15, 0.2) is 11.5 Å². The molecule has 0 unspecified atom stereocenters. The predicted molar refractivity (Wildman–Crippen MR) is 86.1 cm³/mol. The van der Waals surface area contributed by atoms with E-state index >= 15 is 0 Å². The lowest BCUT2D eigenvalue weighted by Gasteiger charge is -2.17. The van der Waals surface area contributed by atoms with Gasteiger partial charge in [-0.3, -0.25) is 4.79 Å². The van der Waals surface area contributed by atoms with Crippen LogP contribution in [-0.2, 0) is 0 Å². The Kier molecular flexibility index (Phi) is 5.95. The van der Waals surface area contributed by atoms with Crippen molar-refractivity contribution < 1.29 is 19.7 Å². The van der Waals surface area contributed by atoms with Crippen LogP contribution in [0.5, 0.6) is 17.2 Å². The number of hydrogen-bond acceptors (Lipinski definition) is 4. The Morgan fingerprint density at radius 1 is 1.32 bits per heavy atom. The Bertz CT molecular complexity index is 536. The predicted octanol–water partition coefficient (Wildman–Crippen LogP) is 4.84. The van der Waals surface area contributed by atoms with Crippen LogP contribution in [0.25, 0.3) is 0 Å². The third kappa shape index (κ3) is 3.86. The van der Waals surface area contributed by atoms with Crippen LogP contribution in [0.2, 0.25) is 5.02 Å². The van der Waals surface area contributed by atoms with Gasteiger partial charge in [0, 0.05) is 12.5 Å². The van der Waals surface area contributed by atoms with E-state index in [0.29, 0.717) is 0 Å². The molecular weight excluding hydrogens is 304 g/mol. The summed E-state index contributed by atoms with van der Waals surface area (Å²) in [6.07, 6.45) is 7.10. The Balaban J connectivity index is 2.18. The standard InChI is InChI=1S/C17H23ClO4/c1-2-3-4-9-12(19)15-13(20)10-14(16(18)17(15)21)22-11-7-5-6-8-11/h10-11,20-21H,2-9H2,1H3. The Labute approximate surface area is 136 Å². The highest BCUT2D eigenvalue weighted by atomic mass is 35.5. The van der Waals surface area contributed by atoms with Crippen molar-refractivity contribution in [3.8, 4) is 17.2 Å². The van der Waals surface area contributed by atoms with E-state index in [4.69, 9.17) is 16.3 Å². The Hall–Kier alpha value is -1.42. The zero-order valence-corrected chi connectivity index (χ0v) is 13.7. The summed E-state index contributed by atoms with van der Waals surface area (Å²) < 4.78 is 5.74. The van der Waals surface area contributed by atoms with Gasteiger partial charge in [0.25, 0.3) is 0 Å². The van der Waals surface area contributed by atoms with E-state index in [1.54, 1.807) is 0 Å². The molecule has 1 fully saturated rings. The van der Waals surface area contributed by atoms with E-state index in [-0.39, 0.29) is 46.1 Å². The maximum Gasteiger partial charge on any atom is 0.170 e. The maximum absolute atomic E-state index is 12.1. The minimum Gasteiger partial charge on any atom is -0.507 e. The Morgan fingerprint density at radius 2 is 2.00 bits per heavy atom. The lowest BCUT2D eigenvalue weighted by atomic mass is 10.0. The SMILES string of the molecule is CCCCCC(=O)c1c(O)cc(OC2CCCC2)c(Cl)c1O. The quantitative estimate of drug-likeness (QED) is 0.556. The molecule has 0 amide bonds. The number of phenolic OH excluding ortho intramolecular Hbond substituents is 2. The smallest absolute Gasteiger partial charge is 0.170 e. The summed E-state index contributed by atoms with van der Waals surface area (Å²) >= 11 is 6.12. The first-order chi connectivity index (χ1) is 10.5. The van der Waals surface area contributed by atoms with Crippen LogP contribution in [0.1, 0.15) is 68.6 Å². The third-order valence-electron chi connectivity index (χ3n) is 4.07. The number of carbonyl (C=O) groups is 1. The number of halogens is 1. The van der Waals surface area contributed by atoms with Crippen LogP contribution in [0, 0.1) is 0 Å². The van der Waals surface area contributed by atoms with Gasteiger partial charge in [0.1, 0.15) is 22.1 Å². The highest BCUT2D eigenvalue weighted by Crippen LogP contribution is 2.43. The van der Waals surface area contributed by atoms with Crippen molar-refractivity contribution in [2.75, 3.05) is 0 Å². The minimum absolute atomic E-state index is 0.00328. The first kappa shape index (κ1) is 16.9. The van der Waals surface area contributed by atoms with Gasteiger partial charge in [-0.1, -0.05) is 31.4 Å². The van der Waals surface area contributed by atoms with Crippen molar-refractivity contribution in [1.82, 2.24) is 0 Å². The van der Waals surface area contributed by atoms with Crippen molar-refractivity contribution in [2.45, 2.75) is 64.4 Å². The van der Waals surface area contributed by atoms with Crippen LogP contribution >= 0.6 is 11.6 Å². The van der Waals surface area contributed by atoms with Crippen LogP contribution in [0.3, 0.4) is 0 Å². The van der Waals surface area contributed by atoms with Gasteiger partial charge in [-0.2, -0.15) is 0 Å². The second kappa shape index (κ2) is 7.73. The lowest BCUT2D eigenvalue weighted by Crippen LogP contribution is -2.11. The molecule has 1 aromatic carbocycles. The molecule has 0 aromatic heterocycles. The number of phenols is 2. The second-order valence-corrected chi connectivity index (χ2v) is 6.21. The Morgan fingerprint density at radius 3 is 2.64 bits per heavy atom. The average molecular weight is 327 g/mol. The molecule has 2 N–H and O–H groups in total. The van der Waals surface area contributed by atoms with Crippen molar-refractivity contribution in [2.24, 2.45) is 0 Å². The molecule has 0 aliphatic heterocycles. The average Bonchev–Trinajstić information content (AvgIpc) is 2.98. The topological polar surface area (TPSA) is 66.8 Å². The number of Topliss-reactive ketones (excluding diaryl/α,β-unsaturated/α-hetero) is 1. The normalized spacial score (nSPS) is 15.2. The zero-order chi connectivity index (χ0) is 16.1. The monoisotopic (exact) mass is 326 g/mol. The van der Waals surface area contributed by atoms with Gasteiger partial charge in [-0.15, -0.1) is 0 Å². The number of hydrogen-bond donors (Lipinski definition) is 2. The number of ketones is 1. The first-order valence-corrected chi connectivity index (χ1v) is 8.36. The fraction of sp³-hybridized carbons (Fsp3) is 0.588. The van der Waals surface area contributed by atoms with Gasteiger partial charge in [0.2, 0.25) is 0 Å². The van der Waals surface area contributed by atoms with Gasteiger partial charge in [-0.05, 0) is 32.1 Å². The second-order valence-electron chi connectivity index (χ2n) is 5.84. The number of ether oxygens (including phenoxy) is 1. The molecule has 4 nitrogen and oxygen atoms in total. The van der Waals surface area contributed by atoms with Crippen molar-refractivity contribution >= 4 is 17.4 Å². The lowest BCUT2D eigenvalue weighted by molar-refractivity contribution is 0.0974. The van der Waals surface area contributed by atoms with Crippen molar-refractivity contribution in [3.05, 3.63) is 16.7 Å². The van der Waals surface area contributed by atoms with Gasteiger partial charge < -0.3 is 14.9 Å². The summed E-state index contributed by atoms with van der Waals surface area (Å²) in [7, 11) is 0. The number of aromatic hydroxyl groups is 2. The van der Waals surface area contributed by atoms with Gasteiger partial charge in [-0.25, -0.2) is 0 Å². The van der Waals surface area contributed by atoms with E-state index < -0.39 is 0 Å². The van der Waals surface area contributed by atoms with Gasteiger partial charge in [0.05, 0.1) is 6.10 Å². The summed E-state index contributed by atoms with van der Waals surface area (Å²) in [5, 5.41) is 20.2. The number of benzene rings is 1. The molecule has 1 aromatic rings. The molecule has 0 heterocycles.